The van der Waals surface area contributed by atoms with Crippen LogP contribution in [0.3, 0.4) is 0 Å². The number of hydrogen-bond acceptors (Lipinski definition) is 4. The van der Waals surface area contributed by atoms with Crippen molar-refractivity contribution in [1.29, 1.82) is 0 Å². The van der Waals surface area contributed by atoms with Crippen molar-refractivity contribution in [3.63, 3.8) is 0 Å². The summed E-state index contributed by atoms with van der Waals surface area (Å²) in [5.41, 5.74) is 5.89. The highest BCUT2D eigenvalue weighted by molar-refractivity contribution is 4.69. The molecular formula is C15H33NO3. The Hall–Kier alpha value is -0.160. The van der Waals surface area contributed by atoms with Crippen LogP contribution in [0.2, 0.25) is 0 Å². The van der Waals surface area contributed by atoms with Gasteiger partial charge in [-0.2, -0.15) is 0 Å². The standard InChI is InChI=1S/C15H33NO3/c1-12(15(4,5)6)9-17-7-8-19-14(3)11-18-10-13(2)16/h12-14H,7-11,16H2,1-6H3. The molecule has 116 valence electrons. The summed E-state index contributed by atoms with van der Waals surface area (Å²) in [6.07, 6.45) is 0.0855. The quantitative estimate of drug-likeness (QED) is 0.622. The van der Waals surface area contributed by atoms with Crippen LogP contribution in [0, 0.1) is 11.3 Å². The highest BCUT2D eigenvalue weighted by Gasteiger charge is 2.19. The second-order valence-corrected chi connectivity index (χ2v) is 6.54. The lowest BCUT2D eigenvalue weighted by Crippen LogP contribution is -2.26. The van der Waals surface area contributed by atoms with Crippen molar-refractivity contribution in [2.75, 3.05) is 33.0 Å². The zero-order valence-electron chi connectivity index (χ0n) is 13.6. The summed E-state index contributed by atoms with van der Waals surface area (Å²) in [4.78, 5) is 0. The molecule has 0 radical (unpaired) electrons. The van der Waals surface area contributed by atoms with Gasteiger partial charge in [0.2, 0.25) is 0 Å². The van der Waals surface area contributed by atoms with Crippen molar-refractivity contribution in [3.8, 4) is 0 Å². The van der Waals surface area contributed by atoms with Crippen molar-refractivity contribution < 1.29 is 14.2 Å². The molecule has 0 aliphatic rings. The van der Waals surface area contributed by atoms with E-state index in [-0.39, 0.29) is 12.1 Å². The van der Waals surface area contributed by atoms with Gasteiger partial charge in [0.1, 0.15) is 0 Å². The van der Waals surface area contributed by atoms with E-state index < -0.39 is 0 Å². The van der Waals surface area contributed by atoms with Gasteiger partial charge in [-0.1, -0.05) is 27.7 Å². The van der Waals surface area contributed by atoms with Gasteiger partial charge in [-0.3, -0.25) is 0 Å². The van der Waals surface area contributed by atoms with E-state index in [9.17, 15) is 0 Å². The smallest absolute Gasteiger partial charge is 0.0781 e. The molecule has 0 saturated heterocycles. The Kier molecular flexibility index (Phi) is 9.62. The molecule has 0 spiro atoms. The summed E-state index contributed by atoms with van der Waals surface area (Å²) in [6, 6.07) is 0.0782. The highest BCUT2D eigenvalue weighted by Crippen LogP contribution is 2.25. The van der Waals surface area contributed by atoms with Gasteiger partial charge in [0, 0.05) is 12.6 Å². The SMILES string of the molecule is CC(N)COCC(C)OCCOCC(C)C(C)(C)C. The van der Waals surface area contributed by atoms with Crippen LogP contribution >= 0.6 is 0 Å². The predicted octanol–water partition coefficient (Wildman–Crippen LogP) is 2.45. The topological polar surface area (TPSA) is 53.7 Å². The average Bonchev–Trinajstić information content (AvgIpc) is 2.26. The Morgan fingerprint density at radius 1 is 0.895 bits per heavy atom. The maximum absolute atomic E-state index is 5.63. The lowest BCUT2D eigenvalue weighted by Gasteiger charge is -2.27. The van der Waals surface area contributed by atoms with E-state index in [1.54, 1.807) is 0 Å². The van der Waals surface area contributed by atoms with Crippen molar-refractivity contribution in [1.82, 2.24) is 0 Å². The summed E-state index contributed by atoms with van der Waals surface area (Å²) in [7, 11) is 0. The summed E-state index contributed by atoms with van der Waals surface area (Å²) in [5, 5.41) is 0. The maximum atomic E-state index is 5.63. The fourth-order valence-electron chi connectivity index (χ4n) is 1.29. The summed E-state index contributed by atoms with van der Waals surface area (Å²) >= 11 is 0. The van der Waals surface area contributed by atoms with Crippen LogP contribution in [0.15, 0.2) is 0 Å². The molecule has 4 nitrogen and oxygen atoms in total. The molecule has 19 heavy (non-hydrogen) atoms. The van der Waals surface area contributed by atoms with E-state index in [4.69, 9.17) is 19.9 Å². The highest BCUT2D eigenvalue weighted by atomic mass is 16.5. The summed E-state index contributed by atoms with van der Waals surface area (Å²) in [5.74, 6) is 0.541. The minimum Gasteiger partial charge on any atom is -0.379 e. The fraction of sp³-hybridized carbons (Fsp3) is 1.00. The molecule has 0 aromatic heterocycles. The second kappa shape index (κ2) is 9.70. The lowest BCUT2D eigenvalue weighted by atomic mass is 9.83. The van der Waals surface area contributed by atoms with Gasteiger partial charge >= 0.3 is 0 Å². The summed E-state index contributed by atoms with van der Waals surface area (Å²) < 4.78 is 16.6. The molecule has 0 bridgehead atoms. The minimum atomic E-state index is 0.0782. The van der Waals surface area contributed by atoms with Crippen LogP contribution in [0.25, 0.3) is 0 Å². The van der Waals surface area contributed by atoms with E-state index in [0.717, 1.165) is 6.61 Å². The molecule has 3 unspecified atom stereocenters. The Bertz CT molecular complexity index is 214. The van der Waals surface area contributed by atoms with Crippen LogP contribution < -0.4 is 5.73 Å². The normalized spacial score (nSPS) is 17.2. The maximum Gasteiger partial charge on any atom is 0.0781 e. The first-order valence-electron chi connectivity index (χ1n) is 7.26. The molecule has 0 saturated carbocycles. The van der Waals surface area contributed by atoms with Crippen LogP contribution in [0.4, 0.5) is 0 Å². The lowest BCUT2D eigenvalue weighted by molar-refractivity contribution is -0.0384. The zero-order chi connectivity index (χ0) is 14.9. The van der Waals surface area contributed by atoms with Gasteiger partial charge in [-0.25, -0.2) is 0 Å². The van der Waals surface area contributed by atoms with Crippen LogP contribution in [-0.4, -0.2) is 45.2 Å². The second-order valence-electron chi connectivity index (χ2n) is 6.54. The largest absolute Gasteiger partial charge is 0.379 e. The fourth-order valence-corrected chi connectivity index (χ4v) is 1.29. The molecule has 0 fully saturated rings. The third-order valence-corrected chi connectivity index (χ3v) is 3.21. The van der Waals surface area contributed by atoms with E-state index >= 15 is 0 Å². The Morgan fingerprint density at radius 3 is 2.05 bits per heavy atom. The van der Waals surface area contributed by atoms with Crippen molar-refractivity contribution in [3.05, 3.63) is 0 Å². The molecule has 0 heterocycles. The molecular weight excluding hydrogens is 242 g/mol. The van der Waals surface area contributed by atoms with Gasteiger partial charge < -0.3 is 19.9 Å². The van der Waals surface area contributed by atoms with E-state index in [2.05, 4.69) is 27.7 Å². The number of hydrogen-bond donors (Lipinski definition) is 1. The third kappa shape index (κ3) is 11.4. The van der Waals surface area contributed by atoms with Gasteiger partial charge in [0.25, 0.3) is 0 Å². The van der Waals surface area contributed by atoms with Gasteiger partial charge in [0.15, 0.2) is 0 Å². The van der Waals surface area contributed by atoms with Crippen molar-refractivity contribution >= 4 is 0 Å². The van der Waals surface area contributed by atoms with Crippen LogP contribution in [0.1, 0.15) is 41.5 Å². The molecule has 0 aliphatic heterocycles. The van der Waals surface area contributed by atoms with E-state index in [1.807, 2.05) is 13.8 Å². The summed E-state index contributed by atoms with van der Waals surface area (Å²) in [6.45, 7) is 16.0. The monoisotopic (exact) mass is 275 g/mol. The van der Waals surface area contributed by atoms with E-state index in [0.29, 0.717) is 37.8 Å². The Labute approximate surface area is 119 Å². The number of rotatable bonds is 10. The minimum absolute atomic E-state index is 0.0782. The first kappa shape index (κ1) is 18.8. The molecule has 0 rings (SSSR count). The predicted molar refractivity (Wildman–Crippen MR) is 79.3 cm³/mol. The van der Waals surface area contributed by atoms with Crippen LogP contribution in [0.5, 0.6) is 0 Å². The molecule has 0 aromatic carbocycles. The third-order valence-electron chi connectivity index (χ3n) is 3.21. The molecule has 4 heteroatoms. The Morgan fingerprint density at radius 2 is 1.53 bits per heavy atom. The molecule has 0 aliphatic carbocycles. The first-order valence-corrected chi connectivity index (χ1v) is 7.26. The molecule has 0 amide bonds. The van der Waals surface area contributed by atoms with Crippen molar-refractivity contribution in [2.45, 2.75) is 53.7 Å². The van der Waals surface area contributed by atoms with Gasteiger partial charge in [0.05, 0.1) is 32.5 Å². The molecule has 0 aromatic rings. The van der Waals surface area contributed by atoms with E-state index in [1.165, 1.54) is 0 Å². The van der Waals surface area contributed by atoms with Crippen LogP contribution in [-0.2, 0) is 14.2 Å². The Balaban J connectivity index is 3.44. The first-order chi connectivity index (χ1) is 8.73. The number of ether oxygens (including phenoxy) is 3. The zero-order valence-corrected chi connectivity index (χ0v) is 13.6. The molecule has 3 atom stereocenters. The van der Waals surface area contributed by atoms with Gasteiger partial charge in [-0.05, 0) is 25.2 Å². The van der Waals surface area contributed by atoms with Crippen molar-refractivity contribution in [2.24, 2.45) is 17.1 Å². The van der Waals surface area contributed by atoms with Gasteiger partial charge in [-0.15, -0.1) is 0 Å². The molecule has 2 N–H and O–H groups in total. The number of nitrogens with two attached hydrogens (primary N) is 1. The average molecular weight is 275 g/mol.